The molecule has 2 aliphatic heterocycles. The molecule has 1 saturated heterocycles. The first kappa shape index (κ1) is 20.1. The average Bonchev–Trinajstić information content (AvgIpc) is 2.71. The van der Waals surface area contributed by atoms with Crippen LogP contribution in [0.4, 0.5) is 0 Å². The number of amides is 1. The number of carbonyl (C=O) groups is 2. The molecule has 0 aliphatic carbocycles. The molecule has 0 radical (unpaired) electrons. The summed E-state index contributed by atoms with van der Waals surface area (Å²) in [6.07, 6.45) is 3.23. The molecule has 2 N–H and O–H groups in total. The van der Waals surface area contributed by atoms with Gasteiger partial charge in [-0.2, -0.15) is 0 Å². The lowest BCUT2D eigenvalue weighted by atomic mass is 9.95. The summed E-state index contributed by atoms with van der Waals surface area (Å²) >= 11 is 5.26. The fraction of sp³-hybridized carbons (Fsp3) is 0.450. The molecule has 1 amide bonds. The molecule has 2 heterocycles. The number of methoxy groups -OCH3 is 1. The minimum Gasteiger partial charge on any atom is -0.483 e. The van der Waals surface area contributed by atoms with Crippen LogP contribution in [0.2, 0.25) is 0 Å². The van der Waals surface area contributed by atoms with E-state index in [0.29, 0.717) is 22.1 Å². The number of thiocarbonyl (C=S) groups is 1. The summed E-state index contributed by atoms with van der Waals surface area (Å²) in [4.78, 5) is 26.6. The van der Waals surface area contributed by atoms with Crippen molar-refractivity contribution < 1.29 is 19.1 Å². The van der Waals surface area contributed by atoms with Gasteiger partial charge in [-0.3, -0.25) is 4.79 Å². The number of hydrogen-bond donors (Lipinski definition) is 2. The molecule has 1 aromatic carbocycles. The van der Waals surface area contributed by atoms with Crippen molar-refractivity contribution in [1.29, 1.82) is 0 Å². The summed E-state index contributed by atoms with van der Waals surface area (Å²) in [6.45, 7) is 3.29. The van der Waals surface area contributed by atoms with Crippen molar-refractivity contribution >= 4 is 29.2 Å². The normalized spacial score (nSPS) is 19.6. The van der Waals surface area contributed by atoms with Gasteiger partial charge in [-0.25, -0.2) is 4.79 Å². The molecule has 0 aromatic heterocycles. The molecule has 3 rings (SSSR count). The maximum atomic E-state index is 12.5. The molecule has 0 saturated carbocycles. The first-order valence-electron chi connectivity index (χ1n) is 9.37. The van der Waals surface area contributed by atoms with Crippen molar-refractivity contribution in [3.63, 3.8) is 0 Å². The highest BCUT2D eigenvalue weighted by Crippen LogP contribution is 2.33. The van der Waals surface area contributed by atoms with E-state index in [2.05, 4.69) is 10.6 Å². The number of hydrogen-bond acceptors (Lipinski definition) is 5. The predicted octanol–water partition coefficient (Wildman–Crippen LogP) is 2.04. The average molecular weight is 404 g/mol. The van der Waals surface area contributed by atoms with Crippen molar-refractivity contribution in [3.8, 4) is 5.75 Å². The van der Waals surface area contributed by atoms with Crippen LogP contribution in [-0.4, -0.2) is 48.7 Å². The van der Waals surface area contributed by atoms with Gasteiger partial charge in [0.2, 0.25) is 0 Å². The van der Waals surface area contributed by atoms with Crippen molar-refractivity contribution in [2.45, 2.75) is 32.2 Å². The van der Waals surface area contributed by atoms with Crippen molar-refractivity contribution in [2.24, 2.45) is 0 Å². The lowest BCUT2D eigenvalue weighted by molar-refractivity contribution is -0.137. The van der Waals surface area contributed by atoms with Gasteiger partial charge >= 0.3 is 5.97 Å². The molecule has 0 bridgehead atoms. The maximum absolute atomic E-state index is 12.5. The van der Waals surface area contributed by atoms with Gasteiger partial charge in [-0.15, -0.1) is 0 Å². The number of carbonyl (C=O) groups excluding carboxylic acids is 2. The molecule has 28 heavy (non-hydrogen) atoms. The Hall–Kier alpha value is -2.61. The Morgan fingerprint density at radius 1 is 1.21 bits per heavy atom. The van der Waals surface area contributed by atoms with Crippen LogP contribution in [0.25, 0.3) is 0 Å². The van der Waals surface area contributed by atoms with Crippen molar-refractivity contribution in [3.05, 3.63) is 41.1 Å². The van der Waals surface area contributed by atoms with Crippen LogP contribution in [0, 0.1) is 0 Å². The van der Waals surface area contributed by atoms with Gasteiger partial charge in [-0.1, -0.05) is 18.2 Å². The second kappa shape index (κ2) is 9.05. The number of para-hydroxylation sites is 1. The van der Waals surface area contributed by atoms with E-state index in [1.165, 1.54) is 7.11 Å². The van der Waals surface area contributed by atoms with Crippen LogP contribution in [0.1, 0.15) is 37.8 Å². The highest BCUT2D eigenvalue weighted by atomic mass is 32.1. The summed E-state index contributed by atoms with van der Waals surface area (Å²) in [5.41, 5.74) is 1.77. The van der Waals surface area contributed by atoms with Gasteiger partial charge in [0, 0.05) is 24.4 Å². The summed E-state index contributed by atoms with van der Waals surface area (Å²) in [5.74, 6) is 0.0525. The smallest absolute Gasteiger partial charge is 0.337 e. The van der Waals surface area contributed by atoms with Crippen LogP contribution in [-0.2, 0) is 14.3 Å². The summed E-state index contributed by atoms with van der Waals surface area (Å²) in [6, 6.07) is 6.80. The number of esters is 1. The zero-order valence-electron chi connectivity index (χ0n) is 16.1. The molecule has 1 aromatic rings. The Kier molecular flexibility index (Phi) is 6.51. The molecule has 1 atom stereocenters. The maximum Gasteiger partial charge on any atom is 0.337 e. The van der Waals surface area contributed by atoms with Crippen LogP contribution < -0.4 is 15.4 Å². The fourth-order valence-electron chi connectivity index (χ4n) is 3.53. The molecular formula is C20H25N3O4S. The molecule has 8 heteroatoms. The van der Waals surface area contributed by atoms with Gasteiger partial charge in [0.05, 0.1) is 18.7 Å². The van der Waals surface area contributed by atoms with Crippen LogP contribution in [0.15, 0.2) is 35.5 Å². The van der Waals surface area contributed by atoms with Gasteiger partial charge < -0.3 is 25.0 Å². The van der Waals surface area contributed by atoms with Crippen LogP contribution in [0.3, 0.4) is 0 Å². The number of benzene rings is 1. The van der Waals surface area contributed by atoms with E-state index in [9.17, 15) is 9.59 Å². The number of piperidine rings is 1. The first-order valence-corrected chi connectivity index (χ1v) is 9.78. The fourth-order valence-corrected chi connectivity index (χ4v) is 3.80. The summed E-state index contributed by atoms with van der Waals surface area (Å²) in [7, 11) is 1.34. The van der Waals surface area contributed by atoms with Crippen LogP contribution in [0.5, 0.6) is 5.75 Å². The van der Waals surface area contributed by atoms with E-state index in [4.69, 9.17) is 21.7 Å². The largest absolute Gasteiger partial charge is 0.483 e. The second-order valence-electron chi connectivity index (χ2n) is 6.83. The first-order chi connectivity index (χ1) is 13.5. The van der Waals surface area contributed by atoms with Crippen LogP contribution >= 0.6 is 12.2 Å². The van der Waals surface area contributed by atoms with Crippen molar-refractivity contribution in [1.82, 2.24) is 15.5 Å². The summed E-state index contributed by atoms with van der Waals surface area (Å²) in [5, 5.41) is 6.47. The SMILES string of the molecule is COC(=O)C1=C(C)NC(=S)N[C@H]1c1ccccc1OCC(=O)N1CCCCC1. The third-order valence-electron chi connectivity index (χ3n) is 4.96. The number of nitrogens with zero attached hydrogens (tertiary/aromatic N) is 1. The van der Waals surface area contributed by atoms with Crippen molar-refractivity contribution in [2.75, 3.05) is 26.8 Å². The number of ether oxygens (including phenoxy) is 2. The van der Waals surface area contributed by atoms with Gasteiger partial charge in [0.1, 0.15) is 5.75 Å². The molecule has 7 nitrogen and oxygen atoms in total. The Balaban J connectivity index is 1.82. The van der Waals surface area contributed by atoms with E-state index in [0.717, 1.165) is 37.9 Å². The van der Waals surface area contributed by atoms with E-state index < -0.39 is 12.0 Å². The monoisotopic (exact) mass is 403 g/mol. The Bertz CT molecular complexity index is 802. The van der Waals surface area contributed by atoms with E-state index in [-0.39, 0.29) is 12.5 Å². The Morgan fingerprint density at radius 3 is 2.64 bits per heavy atom. The molecule has 150 valence electrons. The number of likely N-dealkylation sites (tertiary alicyclic amines) is 1. The predicted molar refractivity (Wildman–Crippen MR) is 109 cm³/mol. The zero-order chi connectivity index (χ0) is 20.1. The van der Waals surface area contributed by atoms with Gasteiger partial charge in [0.25, 0.3) is 5.91 Å². The van der Waals surface area contributed by atoms with E-state index in [1.54, 1.807) is 13.0 Å². The minimum atomic E-state index is -0.525. The molecule has 0 spiro atoms. The number of rotatable bonds is 5. The molecule has 2 aliphatic rings. The third kappa shape index (κ3) is 4.44. The Labute approximate surface area is 170 Å². The van der Waals surface area contributed by atoms with E-state index >= 15 is 0 Å². The molecule has 0 unspecified atom stereocenters. The quantitative estimate of drug-likeness (QED) is 0.575. The number of allylic oxidation sites excluding steroid dienone is 1. The summed E-state index contributed by atoms with van der Waals surface area (Å²) < 4.78 is 10.8. The molecular weight excluding hydrogens is 378 g/mol. The van der Waals surface area contributed by atoms with Gasteiger partial charge in [0.15, 0.2) is 11.7 Å². The number of nitrogens with one attached hydrogen (secondary N) is 2. The highest BCUT2D eigenvalue weighted by molar-refractivity contribution is 7.80. The third-order valence-corrected chi connectivity index (χ3v) is 5.18. The Morgan fingerprint density at radius 2 is 1.93 bits per heavy atom. The topological polar surface area (TPSA) is 79.9 Å². The highest BCUT2D eigenvalue weighted by Gasteiger charge is 2.32. The zero-order valence-corrected chi connectivity index (χ0v) is 16.9. The second-order valence-corrected chi connectivity index (χ2v) is 7.24. The standard InChI is InChI=1S/C20H25N3O4S/c1-13-17(19(25)26-2)18(22-20(28)21-13)14-8-4-5-9-15(14)27-12-16(24)23-10-6-3-7-11-23/h4-5,8-9,18H,3,6-7,10-12H2,1-2H3,(H2,21,22,28)/t18-/m0/s1. The molecule has 1 fully saturated rings. The lowest BCUT2D eigenvalue weighted by Gasteiger charge is -2.31. The lowest BCUT2D eigenvalue weighted by Crippen LogP contribution is -2.45. The van der Waals surface area contributed by atoms with E-state index in [1.807, 2.05) is 23.1 Å². The minimum absolute atomic E-state index is 0.0248. The van der Waals surface area contributed by atoms with Gasteiger partial charge in [-0.05, 0) is 44.5 Å².